The first-order valence-electron chi connectivity index (χ1n) is 11.1. The topological polar surface area (TPSA) is 58.6 Å². The summed E-state index contributed by atoms with van der Waals surface area (Å²) in [7, 11) is 0. The van der Waals surface area contributed by atoms with Gasteiger partial charge in [0.25, 0.3) is 5.91 Å². The number of nitrogens with one attached hydrogen (secondary N) is 1. The zero-order chi connectivity index (χ0) is 20.6. The molecule has 2 aliphatic heterocycles. The number of hydrogen-bond donors (Lipinski definition) is 1. The van der Waals surface area contributed by atoms with Gasteiger partial charge in [0.1, 0.15) is 11.4 Å². The normalized spacial score (nSPS) is 22.5. The average molecular weight is 405 g/mol. The highest BCUT2D eigenvalue weighted by molar-refractivity contribution is 5.99. The summed E-state index contributed by atoms with van der Waals surface area (Å²) in [5.41, 5.74) is 2.28. The van der Waals surface area contributed by atoms with Gasteiger partial charge in [-0.1, -0.05) is 30.7 Å². The van der Waals surface area contributed by atoms with Gasteiger partial charge in [-0.2, -0.15) is 0 Å². The number of amides is 2. The Bertz CT molecular complexity index is 964. The van der Waals surface area contributed by atoms with Gasteiger partial charge in [-0.25, -0.2) is 0 Å². The number of nitrogens with zero attached hydrogens (tertiary/aromatic N) is 1. The van der Waals surface area contributed by atoms with E-state index in [1.165, 1.54) is 19.3 Å². The summed E-state index contributed by atoms with van der Waals surface area (Å²) in [6.45, 7) is 0.722. The fourth-order valence-corrected chi connectivity index (χ4v) is 5.23. The number of rotatable bonds is 3. The molecule has 5 nitrogen and oxygen atoms in total. The summed E-state index contributed by atoms with van der Waals surface area (Å²) in [5.74, 6) is 0.925. The van der Waals surface area contributed by atoms with E-state index < -0.39 is 0 Å². The third-order valence-electron chi connectivity index (χ3n) is 6.76. The van der Waals surface area contributed by atoms with Crippen LogP contribution in [0.3, 0.4) is 0 Å². The van der Waals surface area contributed by atoms with Gasteiger partial charge in [0.05, 0.1) is 6.04 Å². The fourth-order valence-electron chi connectivity index (χ4n) is 5.23. The van der Waals surface area contributed by atoms with Gasteiger partial charge in [-0.05, 0) is 56.4 Å². The highest BCUT2D eigenvalue weighted by Crippen LogP contribution is 2.46. The maximum Gasteiger partial charge on any atom is 0.251 e. The maximum atomic E-state index is 13.2. The number of carbonyl (C=O) groups is 2. The van der Waals surface area contributed by atoms with Gasteiger partial charge >= 0.3 is 0 Å². The molecule has 5 heteroatoms. The molecule has 1 saturated heterocycles. The van der Waals surface area contributed by atoms with Gasteiger partial charge in [0.15, 0.2) is 0 Å². The number of anilines is 1. The van der Waals surface area contributed by atoms with E-state index in [1.807, 2.05) is 42.5 Å². The van der Waals surface area contributed by atoms with E-state index in [1.54, 1.807) is 4.90 Å². The van der Waals surface area contributed by atoms with Crippen molar-refractivity contribution < 1.29 is 14.3 Å². The van der Waals surface area contributed by atoms with Crippen LogP contribution in [-0.2, 0) is 4.79 Å². The van der Waals surface area contributed by atoms with Gasteiger partial charge in [0.2, 0.25) is 5.91 Å². The molecule has 0 bridgehead atoms. The first kappa shape index (κ1) is 19.2. The molecule has 1 spiro atoms. The molecule has 2 aromatic carbocycles. The van der Waals surface area contributed by atoms with Crippen LogP contribution in [0.15, 0.2) is 48.5 Å². The Morgan fingerprint density at radius 1 is 1.03 bits per heavy atom. The number of ether oxygens (including phenoxy) is 1. The van der Waals surface area contributed by atoms with E-state index in [2.05, 4.69) is 11.4 Å². The molecule has 1 saturated carbocycles. The first-order chi connectivity index (χ1) is 14.6. The Hall–Kier alpha value is -2.82. The van der Waals surface area contributed by atoms with Gasteiger partial charge in [-0.15, -0.1) is 0 Å². The summed E-state index contributed by atoms with van der Waals surface area (Å²) in [6.07, 6.45) is 7.95. The van der Waals surface area contributed by atoms with Crippen molar-refractivity contribution in [2.24, 2.45) is 0 Å². The van der Waals surface area contributed by atoms with E-state index in [4.69, 9.17) is 4.74 Å². The van der Waals surface area contributed by atoms with Crippen molar-refractivity contribution in [1.29, 1.82) is 0 Å². The Labute approximate surface area is 177 Å². The summed E-state index contributed by atoms with van der Waals surface area (Å²) in [6, 6.07) is 15.4. The lowest BCUT2D eigenvalue weighted by atomic mass is 9.77. The maximum absolute atomic E-state index is 13.2. The highest BCUT2D eigenvalue weighted by Gasteiger charge is 2.42. The van der Waals surface area contributed by atoms with Crippen molar-refractivity contribution in [2.45, 2.75) is 63.0 Å². The standard InChI is InChI=1S/C25H28N2O3/c28-23-12-7-15-27(23)19-9-6-8-18(16-19)24(29)26-21-17-25(13-4-1-5-14-25)30-22-11-3-2-10-20(21)22/h2-3,6,8-11,16,21H,1,4-5,7,12-15,17H2,(H,26,29). The lowest BCUT2D eigenvalue weighted by molar-refractivity contribution is -0.117. The Balaban J connectivity index is 1.39. The summed E-state index contributed by atoms with van der Waals surface area (Å²) in [5, 5.41) is 3.27. The van der Waals surface area contributed by atoms with Crippen LogP contribution in [-0.4, -0.2) is 24.0 Å². The second-order valence-corrected chi connectivity index (χ2v) is 8.81. The fraction of sp³-hybridized carbons (Fsp3) is 0.440. The smallest absolute Gasteiger partial charge is 0.251 e. The van der Waals surface area contributed by atoms with Crippen LogP contribution in [0.5, 0.6) is 5.75 Å². The number of benzene rings is 2. The minimum absolute atomic E-state index is 0.0716. The predicted molar refractivity (Wildman–Crippen MR) is 116 cm³/mol. The molecule has 1 unspecified atom stereocenters. The second kappa shape index (κ2) is 7.78. The predicted octanol–water partition coefficient (Wildman–Crippen LogP) is 4.77. The molecule has 3 aliphatic rings. The van der Waals surface area contributed by atoms with Crippen LogP contribution in [0.4, 0.5) is 5.69 Å². The van der Waals surface area contributed by atoms with Crippen LogP contribution < -0.4 is 15.0 Å². The number of para-hydroxylation sites is 1. The number of carbonyl (C=O) groups excluding carboxylic acids is 2. The van der Waals surface area contributed by atoms with Crippen LogP contribution in [0.1, 0.15) is 73.3 Å². The van der Waals surface area contributed by atoms with Crippen LogP contribution in [0, 0.1) is 0 Å². The molecule has 0 radical (unpaired) electrons. The lowest BCUT2D eigenvalue weighted by Gasteiger charge is -2.44. The first-order valence-corrected chi connectivity index (χ1v) is 11.1. The zero-order valence-corrected chi connectivity index (χ0v) is 17.2. The molecule has 1 atom stereocenters. The quantitative estimate of drug-likeness (QED) is 0.802. The summed E-state index contributed by atoms with van der Waals surface area (Å²) < 4.78 is 6.48. The van der Waals surface area contributed by atoms with Crippen molar-refractivity contribution in [3.8, 4) is 5.75 Å². The molecule has 156 valence electrons. The molecule has 1 N–H and O–H groups in total. The third kappa shape index (κ3) is 3.57. The largest absolute Gasteiger partial charge is 0.487 e. The average Bonchev–Trinajstić information content (AvgIpc) is 3.20. The Kier molecular flexibility index (Phi) is 4.97. The van der Waals surface area contributed by atoms with Crippen molar-refractivity contribution in [2.75, 3.05) is 11.4 Å². The minimum atomic E-state index is -0.172. The lowest BCUT2D eigenvalue weighted by Crippen LogP contribution is -2.46. The number of fused-ring (bicyclic) bond motifs is 1. The van der Waals surface area contributed by atoms with E-state index in [-0.39, 0.29) is 23.5 Å². The molecular weight excluding hydrogens is 376 g/mol. The molecule has 2 aromatic rings. The molecule has 0 aromatic heterocycles. The molecule has 5 rings (SSSR count). The molecular formula is C25H28N2O3. The monoisotopic (exact) mass is 404 g/mol. The molecule has 1 aliphatic carbocycles. The minimum Gasteiger partial charge on any atom is -0.487 e. The van der Waals surface area contributed by atoms with E-state index >= 15 is 0 Å². The van der Waals surface area contributed by atoms with E-state index in [0.717, 1.165) is 49.2 Å². The van der Waals surface area contributed by atoms with Gasteiger partial charge < -0.3 is 15.0 Å². The Morgan fingerprint density at radius 3 is 2.67 bits per heavy atom. The van der Waals surface area contributed by atoms with E-state index in [0.29, 0.717) is 12.0 Å². The third-order valence-corrected chi connectivity index (χ3v) is 6.76. The van der Waals surface area contributed by atoms with Gasteiger partial charge in [-0.3, -0.25) is 9.59 Å². The zero-order valence-electron chi connectivity index (χ0n) is 17.2. The van der Waals surface area contributed by atoms with Gasteiger partial charge in [0, 0.05) is 36.2 Å². The van der Waals surface area contributed by atoms with Crippen LogP contribution >= 0.6 is 0 Å². The molecule has 30 heavy (non-hydrogen) atoms. The molecule has 2 heterocycles. The van der Waals surface area contributed by atoms with Crippen molar-refractivity contribution in [1.82, 2.24) is 5.32 Å². The molecule has 2 fully saturated rings. The molecule has 2 amide bonds. The van der Waals surface area contributed by atoms with Crippen molar-refractivity contribution in [3.05, 3.63) is 59.7 Å². The number of hydrogen-bond acceptors (Lipinski definition) is 3. The summed E-state index contributed by atoms with van der Waals surface area (Å²) >= 11 is 0. The second-order valence-electron chi connectivity index (χ2n) is 8.81. The Morgan fingerprint density at radius 2 is 1.87 bits per heavy atom. The van der Waals surface area contributed by atoms with Crippen molar-refractivity contribution in [3.63, 3.8) is 0 Å². The SMILES string of the molecule is O=C(NC1CC2(CCCCC2)Oc2ccccc21)c1cccc(N2CCCC2=O)c1. The highest BCUT2D eigenvalue weighted by atomic mass is 16.5. The van der Waals surface area contributed by atoms with Crippen molar-refractivity contribution >= 4 is 17.5 Å². The van der Waals surface area contributed by atoms with Crippen LogP contribution in [0.25, 0.3) is 0 Å². The van der Waals surface area contributed by atoms with E-state index in [9.17, 15) is 9.59 Å². The summed E-state index contributed by atoms with van der Waals surface area (Å²) in [4.78, 5) is 27.1. The van der Waals surface area contributed by atoms with Crippen LogP contribution in [0.2, 0.25) is 0 Å².